The number of thiophene rings is 1. The molecule has 34 heavy (non-hydrogen) atoms. The highest BCUT2D eigenvalue weighted by Gasteiger charge is 2.75. The zero-order valence-corrected chi connectivity index (χ0v) is 20.2. The fourth-order valence-electron chi connectivity index (χ4n) is 5.10. The monoisotopic (exact) mass is 480 g/mol. The van der Waals surface area contributed by atoms with Crippen molar-refractivity contribution in [2.24, 2.45) is 11.3 Å². The molecule has 2 aliphatic carbocycles. The first kappa shape index (κ1) is 22.8. The van der Waals surface area contributed by atoms with Gasteiger partial charge in [0.25, 0.3) is 0 Å². The third kappa shape index (κ3) is 3.55. The highest BCUT2D eigenvalue weighted by atomic mass is 32.1. The van der Waals surface area contributed by atoms with Gasteiger partial charge in [0.2, 0.25) is 11.7 Å². The lowest BCUT2D eigenvalue weighted by Gasteiger charge is -2.23. The van der Waals surface area contributed by atoms with E-state index in [1.165, 1.54) is 4.88 Å². The maximum Gasteiger partial charge on any atom is 0.229 e. The van der Waals surface area contributed by atoms with Gasteiger partial charge in [-0.1, -0.05) is 13.3 Å². The van der Waals surface area contributed by atoms with Crippen LogP contribution < -0.4 is 10.6 Å². The predicted molar refractivity (Wildman–Crippen MR) is 129 cm³/mol. The molecule has 0 bridgehead atoms. The quantitative estimate of drug-likeness (QED) is 0.313. The Hall–Kier alpha value is -3.00. The summed E-state index contributed by atoms with van der Waals surface area (Å²) in [6.07, 6.45) is 1.88. The summed E-state index contributed by atoms with van der Waals surface area (Å²) >= 11 is 1.61. The molecule has 2 aliphatic rings. The molecule has 5 atom stereocenters. The van der Waals surface area contributed by atoms with Crippen LogP contribution in [0, 0.1) is 30.1 Å². The molecule has 9 nitrogen and oxygen atoms in total. The maximum atomic E-state index is 12.5. The van der Waals surface area contributed by atoms with E-state index in [1.807, 2.05) is 19.1 Å². The van der Waals surface area contributed by atoms with Crippen LogP contribution in [0.3, 0.4) is 0 Å². The normalized spacial score (nSPS) is 27.2. The number of carbonyl (C=O) groups excluding carboxylic acids is 1. The van der Waals surface area contributed by atoms with Crippen molar-refractivity contribution in [3.05, 3.63) is 34.0 Å². The Kier molecular flexibility index (Phi) is 5.80. The zero-order valence-electron chi connectivity index (χ0n) is 19.4. The molecule has 0 aliphatic heterocycles. The number of aromatic nitrogens is 4. The molecule has 0 radical (unpaired) electrons. The largest absolute Gasteiger partial charge is 0.389 e. The predicted octanol–water partition coefficient (Wildman–Crippen LogP) is 1.84. The van der Waals surface area contributed by atoms with Gasteiger partial charge in [0, 0.05) is 24.4 Å². The molecule has 3 aromatic heterocycles. The van der Waals surface area contributed by atoms with Gasteiger partial charge < -0.3 is 25.4 Å². The zero-order chi connectivity index (χ0) is 24.0. The van der Waals surface area contributed by atoms with Gasteiger partial charge in [0.05, 0.1) is 28.8 Å². The fourth-order valence-corrected chi connectivity index (χ4v) is 5.82. The summed E-state index contributed by atoms with van der Waals surface area (Å²) in [5, 5.41) is 27.6. The van der Waals surface area contributed by atoms with Gasteiger partial charge in [0.15, 0.2) is 17.0 Å². The number of anilines is 1. The van der Waals surface area contributed by atoms with Crippen LogP contribution in [0.2, 0.25) is 0 Å². The summed E-state index contributed by atoms with van der Waals surface area (Å²) < 4.78 is 1.78. The number of aryl methyl sites for hydroxylation is 1. The molecule has 3 heterocycles. The second-order valence-electron chi connectivity index (χ2n) is 9.02. The van der Waals surface area contributed by atoms with Crippen molar-refractivity contribution in [2.75, 3.05) is 18.9 Å². The van der Waals surface area contributed by atoms with E-state index in [0.717, 1.165) is 24.3 Å². The molecular formula is C24H28N6O3S. The smallest absolute Gasteiger partial charge is 0.229 e. The summed E-state index contributed by atoms with van der Waals surface area (Å²) in [7, 11) is 1.55. The minimum atomic E-state index is -1.15. The van der Waals surface area contributed by atoms with E-state index in [0.29, 0.717) is 29.2 Å². The first-order valence-electron chi connectivity index (χ1n) is 11.6. The van der Waals surface area contributed by atoms with E-state index in [-0.39, 0.29) is 11.8 Å². The fraction of sp³-hybridized carbons (Fsp3) is 0.500. The van der Waals surface area contributed by atoms with Crippen LogP contribution in [-0.4, -0.2) is 61.4 Å². The Labute approximate surface area is 201 Å². The van der Waals surface area contributed by atoms with Crippen LogP contribution in [0.15, 0.2) is 18.5 Å². The molecule has 0 aromatic carbocycles. The summed E-state index contributed by atoms with van der Waals surface area (Å²) in [4.78, 5) is 28.5. The molecule has 10 heteroatoms. The molecule has 0 saturated heterocycles. The Morgan fingerprint density at radius 1 is 1.32 bits per heavy atom. The van der Waals surface area contributed by atoms with Crippen molar-refractivity contribution in [2.45, 2.75) is 51.4 Å². The van der Waals surface area contributed by atoms with Crippen LogP contribution in [0.1, 0.15) is 47.8 Å². The van der Waals surface area contributed by atoms with Crippen molar-refractivity contribution in [1.82, 2.24) is 24.8 Å². The SMILES string of the molecule is CCCCNc1nc(C#Cc2ccc(C)s2)nc2c1ncn2[C@@H]1C2CC2(C(=O)NC)[C@@H](O)[C@H]1O. The number of hydrogen-bond acceptors (Lipinski definition) is 8. The van der Waals surface area contributed by atoms with Gasteiger partial charge in [-0.3, -0.25) is 4.79 Å². The van der Waals surface area contributed by atoms with Gasteiger partial charge in [-0.2, -0.15) is 0 Å². The minimum absolute atomic E-state index is 0.204. The standard InChI is InChI=1S/C24H28N6O3S/c1-4-5-10-26-21-17-22(29-16(28-21)9-8-14-7-6-13(2)34-14)30(12-27-17)18-15-11-24(15,23(33)25-3)20(32)19(18)31/h6-7,12,15,18-20,31-32H,4-5,10-11H2,1-3H3,(H,25,33)(H,26,28,29)/t15?,18-,19+,20+,24?/m1/s1. The van der Waals surface area contributed by atoms with E-state index in [9.17, 15) is 15.0 Å². The van der Waals surface area contributed by atoms with Gasteiger partial charge >= 0.3 is 0 Å². The van der Waals surface area contributed by atoms with Crippen LogP contribution in [-0.2, 0) is 4.79 Å². The lowest BCUT2D eigenvalue weighted by atomic mass is 9.98. The molecule has 2 unspecified atom stereocenters. The average Bonchev–Trinajstić information content (AvgIpc) is 3.07. The van der Waals surface area contributed by atoms with Crippen LogP contribution >= 0.6 is 11.3 Å². The third-order valence-electron chi connectivity index (χ3n) is 6.93. The number of nitrogens with one attached hydrogen (secondary N) is 2. The molecule has 5 rings (SSSR count). The molecule has 178 valence electrons. The molecule has 4 N–H and O–H groups in total. The van der Waals surface area contributed by atoms with Crippen LogP contribution in [0.25, 0.3) is 11.2 Å². The number of hydrogen-bond donors (Lipinski definition) is 4. The number of unbranched alkanes of at least 4 members (excludes halogenated alkanes) is 1. The van der Waals surface area contributed by atoms with Crippen molar-refractivity contribution in [3.63, 3.8) is 0 Å². The number of imidazole rings is 1. The van der Waals surface area contributed by atoms with E-state index in [2.05, 4.69) is 44.4 Å². The molecule has 0 spiro atoms. The molecule has 2 fully saturated rings. The molecule has 1 amide bonds. The Balaban J connectivity index is 1.57. The number of rotatable bonds is 6. The van der Waals surface area contributed by atoms with E-state index >= 15 is 0 Å². The number of carbonyl (C=O) groups is 1. The molecule has 3 aromatic rings. The number of fused-ring (bicyclic) bond motifs is 2. The number of amides is 1. The first-order chi connectivity index (χ1) is 16.4. The van der Waals surface area contributed by atoms with Gasteiger partial charge in [-0.25, -0.2) is 15.0 Å². The minimum Gasteiger partial charge on any atom is -0.389 e. The second-order valence-corrected chi connectivity index (χ2v) is 10.3. The van der Waals surface area contributed by atoms with Gasteiger partial charge in [-0.05, 0) is 43.7 Å². The Morgan fingerprint density at radius 3 is 2.85 bits per heavy atom. The maximum absolute atomic E-state index is 12.5. The Morgan fingerprint density at radius 2 is 2.15 bits per heavy atom. The van der Waals surface area contributed by atoms with E-state index in [1.54, 1.807) is 29.3 Å². The van der Waals surface area contributed by atoms with Gasteiger partial charge in [-0.15, -0.1) is 11.3 Å². The number of aliphatic hydroxyl groups excluding tert-OH is 2. The second kappa shape index (κ2) is 8.65. The van der Waals surface area contributed by atoms with Crippen LogP contribution in [0.5, 0.6) is 0 Å². The summed E-state index contributed by atoms with van der Waals surface area (Å²) in [5.74, 6) is 6.68. The van der Waals surface area contributed by atoms with Crippen molar-refractivity contribution >= 4 is 34.2 Å². The lowest BCUT2D eigenvalue weighted by Crippen LogP contribution is -2.41. The summed E-state index contributed by atoms with van der Waals surface area (Å²) in [5.41, 5.74) is 0.134. The van der Waals surface area contributed by atoms with Crippen molar-refractivity contribution < 1.29 is 15.0 Å². The van der Waals surface area contributed by atoms with E-state index < -0.39 is 23.7 Å². The topological polar surface area (TPSA) is 125 Å². The van der Waals surface area contributed by atoms with E-state index in [4.69, 9.17) is 0 Å². The number of nitrogens with zero attached hydrogens (tertiary/aromatic N) is 4. The van der Waals surface area contributed by atoms with Crippen molar-refractivity contribution in [1.29, 1.82) is 0 Å². The molecular weight excluding hydrogens is 452 g/mol. The van der Waals surface area contributed by atoms with Crippen LogP contribution in [0.4, 0.5) is 5.82 Å². The lowest BCUT2D eigenvalue weighted by molar-refractivity contribution is -0.132. The third-order valence-corrected chi connectivity index (χ3v) is 7.84. The van der Waals surface area contributed by atoms with Gasteiger partial charge in [0.1, 0.15) is 6.10 Å². The number of aliphatic hydroxyl groups is 2. The summed E-state index contributed by atoms with van der Waals surface area (Å²) in [6, 6.07) is 3.47. The highest BCUT2D eigenvalue weighted by molar-refractivity contribution is 7.12. The highest BCUT2D eigenvalue weighted by Crippen LogP contribution is 2.67. The molecule has 2 saturated carbocycles. The first-order valence-corrected chi connectivity index (χ1v) is 12.4. The van der Waals surface area contributed by atoms with Crippen molar-refractivity contribution in [3.8, 4) is 11.8 Å². The Bertz CT molecular complexity index is 1310. The average molecular weight is 481 g/mol. The summed E-state index contributed by atoms with van der Waals surface area (Å²) in [6.45, 7) is 4.89.